The van der Waals surface area contributed by atoms with Crippen LogP contribution in [0.15, 0.2) is 66.2 Å². The van der Waals surface area contributed by atoms with Crippen molar-refractivity contribution in [2.75, 3.05) is 18.4 Å². The van der Waals surface area contributed by atoms with Gasteiger partial charge in [0.15, 0.2) is 0 Å². The zero-order chi connectivity index (χ0) is 18.9. The lowest BCUT2D eigenvalue weighted by Gasteiger charge is -2.12. The van der Waals surface area contributed by atoms with Crippen molar-refractivity contribution in [1.29, 1.82) is 0 Å². The molecule has 0 amide bonds. The van der Waals surface area contributed by atoms with Gasteiger partial charge in [-0.3, -0.25) is 4.98 Å². The highest BCUT2D eigenvalue weighted by molar-refractivity contribution is 7.80. The molecule has 5 heteroatoms. The molecule has 0 bridgehead atoms. The molecule has 0 unspecified atom stereocenters. The molecule has 3 aromatic rings. The van der Waals surface area contributed by atoms with E-state index in [0.29, 0.717) is 5.02 Å². The van der Waals surface area contributed by atoms with Gasteiger partial charge in [-0.25, -0.2) is 0 Å². The van der Waals surface area contributed by atoms with Gasteiger partial charge in [0.2, 0.25) is 0 Å². The summed E-state index contributed by atoms with van der Waals surface area (Å²) in [5, 5.41) is 8.02. The molecule has 0 spiro atoms. The van der Waals surface area contributed by atoms with Gasteiger partial charge in [-0.15, -0.1) is 12.6 Å². The molecular formula is C21H24ClN3S. The van der Waals surface area contributed by atoms with E-state index in [1.165, 1.54) is 0 Å². The molecule has 2 N–H and O–H groups in total. The fraction of sp³-hybridized carbons (Fsp3) is 0.190. The third-order valence-corrected chi connectivity index (χ3v) is 4.25. The van der Waals surface area contributed by atoms with Crippen molar-refractivity contribution in [3.05, 3.63) is 71.9 Å². The van der Waals surface area contributed by atoms with Crippen molar-refractivity contribution in [3.63, 3.8) is 0 Å². The van der Waals surface area contributed by atoms with Crippen LogP contribution in [0.3, 0.4) is 0 Å². The van der Waals surface area contributed by atoms with Crippen LogP contribution < -0.4 is 10.6 Å². The molecule has 0 fully saturated rings. The highest BCUT2D eigenvalue weighted by Gasteiger charge is 2.08. The fourth-order valence-electron chi connectivity index (χ4n) is 2.40. The number of benzene rings is 2. The molecule has 3 rings (SSSR count). The highest BCUT2D eigenvalue weighted by Crippen LogP contribution is 2.28. The van der Waals surface area contributed by atoms with Gasteiger partial charge in [0.05, 0.1) is 10.5 Å². The van der Waals surface area contributed by atoms with E-state index in [1.54, 1.807) is 6.20 Å². The van der Waals surface area contributed by atoms with E-state index in [1.807, 2.05) is 48.5 Å². The maximum atomic E-state index is 6.35. The van der Waals surface area contributed by atoms with E-state index in [4.69, 9.17) is 11.6 Å². The maximum absolute atomic E-state index is 6.35. The average Bonchev–Trinajstić information content (AvgIpc) is 2.62. The Bertz CT molecular complexity index is 878. The Labute approximate surface area is 165 Å². The molecule has 26 heavy (non-hydrogen) atoms. The molecule has 3 nitrogen and oxygen atoms in total. The molecule has 2 aromatic carbocycles. The van der Waals surface area contributed by atoms with E-state index in [-0.39, 0.29) is 0 Å². The Morgan fingerprint density at radius 1 is 1.12 bits per heavy atom. The predicted octanol–water partition coefficient (Wildman–Crippen LogP) is 5.88. The Hall–Kier alpha value is -2.01. The normalized spacial score (nSPS) is 10.2. The first-order chi connectivity index (χ1) is 12.5. The summed E-state index contributed by atoms with van der Waals surface area (Å²) in [7, 11) is 0. The van der Waals surface area contributed by atoms with Gasteiger partial charge < -0.3 is 10.6 Å². The zero-order valence-electron chi connectivity index (χ0n) is 15.1. The summed E-state index contributed by atoms with van der Waals surface area (Å²) in [4.78, 5) is 5.23. The summed E-state index contributed by atoms with van der Waals surface area (Å²) in [6.07, 6.45) is 1.76. The lowest BCUT2D eigenvalue weighted by atomic mass is 10.1. The summed E-state index contributed by atoms with van der Waals surface area (Å²) in [6.45, 7) is 10.5. The van der Waals surface area contributed by atoms with Gasteiger partial charge >= 0.3 is 0 Å². The SMILES string of the molecule is C=C(Nc1cccc(S)c1)c1cc2ncccc2cc1Cl.CCNCC. The van der Waals surface area contributed by atoms with Gasteiger partial charge in [-0.05, 0) is 49.5 Å². The molecule has 0 atom stereocenters. The summed E-state index contributed by atoms with van der Waals surface area (Å²) in [6, 6.07) is 15.5. The molecule has 0 saturated carbocycles. The van der Waals surface area contributed by atoms with E-state index >= 15 is 0 Å². The van der Waals surface area contributed by atoms with E-state index in [9.17, 15) is 0 Å². The van der Waals surface area contributed by atoms with Gasteiger partial charge in [0, 0.05) is 33.4 Å². The predicted molar refractivity (Wildman–Crippen MR) is 117 cm³/mol. The van der Waals surface area contributed by atoms with Crippen molar-refractivity contribution in [2.45, 2.75) is 18.7 Å². The number of halogens is 1. The van der Waals surface area contributed by atoms with Crippen LogP contribution >= 0.6 is 24.2 Å². The summed E-state index contributed by atoms with van der Waals surface area (Å²) in [5.74, 6) is 0. The number of nitrogens with one attached hydrogen (secondary N) is 2. The number of fused-ring (bicyclic) bond motifs is 1. The monoisotopic (exact) mass is 385 g/mol. The number of nitrogens with zero attached hydrogens (tertiary/aromatic N) is 1. The van der Waals surface area contributed by atoms with E-state index < -0.39 is 0 Å². The molecule has 1 heterocycles. The minimum absolute atomic E-state index is 0.648. The van der Waals surface area contributed by atoms with Crippen molar-refractivity contribution >= 4 is 46.5 Å². The molecule has 136 valence electrons. The van der Waals surface area contributed by atoms with Gasteiger partial charge in [-0.1, -0.05) is 44.2 Å². The number of aromatic nitrogens is 1. The summed E-state index contributed by atoms with van der Waals surface area (Å²) >= 11 is 10.7. The van der Waals surface area contributed by atoms with Gasteiger partial charge in [0.1, 0.15) is 0 Å². The first kappa shape index (κ1) is 20.3. The van der Waals surface area contributed by atoms with Crippen molar-refractivity contribution in [2.24, 2.45) is 0 Å². The Morgan fingerprint density at radius 3 is 2.54 bits per heavy atom. The average molecular weight is 386 g/mol. The first-order valence-electron chi connectivity index (χ1n) is 8.55. The van der Waals surface area contributed by atoms with E-state index in [0.717, 1.165) is 45.8 Å². The lowest BCUT2D eigenvalue weighted by Crippen LogP contribution is -2.09. The van der Waals surface area contributed by atoms with Crippen LogP contribution in [0, 0.1) is 0 Å². The van der Waals surface area contributed by atoms with Crippen LogP contribution in [0.25, 0.3) is 16.6 Å². The molecule has 0 aliphatic rings. The number of anilines is 1. The van der Waals surface area contributed by atoms with Crippen LogP contribution in [-0.2, 0) is 0 Å². The fourth-order valence-corrected chi connectivity index (χ4v) is 2.91. The summed E-state index contributed by atoms with van der Waals surface area (Å²) in [5.41, 5.74) is 3.38. The number of pyridine rings is 1. The molecule has 0 aliphatic carbocycles. The molecule has 0 saturated heterocycles. The number of hydrogen-bond acceptors (Lipinski definition) is 4. The smallest absolute Gasteiger partial charge is 0.0709 e. The van der Waals surface area contributed by atoms with Crippen LogP contribution in [0.5, 0.6) is 0 Å². The molecule has 0 aliphatic heterocycles. The van der Waals surface area contributed by atoms with Crippen molar-refractivity contribution in [3.8, 4) is 0 Å². The number of rotatable bonds is 5. The minimum atomic E-state index is 0.648. The summed E-state index contributed by atoms with van der Waals surface area (Å²) < 4.78 is 0. The third kappa shape index (κ3) is 5.77. The standard InChI is InChI=1S/C17H13ClN2S.C4H11N/c1-11(20-13-5-2-6-14(21)9-13)15-10-17-12(8-16(15)18)4-3-7-19-17;1-3-5-4-2/h2-10,20-21H,1H2;5H,3-4H2,1-2H3. The van der Waals surface area contributed by atoms with Crippen LogP contribution in [0.4, 0.5) is 5.69 Å². The third-order valence-electron chi connectivity index (χ3n) is 3.66. The van der Waals surface area contributed by atoms with Crippen molar-refractivity contribution in [1.82, 2.24) is 10.3 Å². The number of hydrogen-bond donors (Lipinski definition) is 3. The van der Waals surface area contributed by atoms with Gasteiger partial charge in [0.25, 0.3) is 0 Å². The zero-order valence-corrected chi connectivity index (χ0v) is 16.7. The molecule has 0 radical (unpaired) electrons. The maximum Gasteiger partial charge on any atom is 0.0709 e. The Kier molecular flexibility index (Phi) is 7.98. The van der Waals surface area contributed by atoms with Crippen LogP contribution in [0.1, 0.15) is 19.4 Å². The first-order valence-corrected chi connectivity index (χ1v) is 9.38. The number of thiol groups is 1. The van der Waals surface area contributed by atoms with Gasteiger partial charge in [-0.2, -0.15) is 0 Å². The topological polar surface area (TPSA) is 37.0 Å². The largest absolute Gasteiger partial charge is 0.355 e. The Morgan fingerprint density at radius 2 is 1.88 bits per heavy atom. The highest BCUT2D eigenvalue weighted by atomic mass is 35.5. The second-order valence-corrected chi connectivity index (χ2v) is 6.56. The van der Waals surface area contributed by atoms with Crippen LogP contribution in [-0.4, -0.2) is 18.1 Å². The molecular weight excluding hydrogens is 362 g/mol. The lowest BCUT2D eigenvalue weighted by molar-refractivity contribution is 0.762. The quantitative estimate of drug-likeness (QED) is 0.480. The van der Waals surface area contributed by atoms with Crippen LogP contribution in [0.2, 0.25) is 5.02 Å². The van der Waals surface area contributed by atoms with E-state index in [2.05, 4.69) is 48.7 Å². The second-order valence-electron chi connectivity index (χ2n) is 5.64. The molecule has 1 aromatic heterocycles. The minimum Gasteiger partial charge on any atom is -0.355 e. The second kappa shape index (κ2) is 10.2. The Balaban J connectivity index is 0.000000431. The van der Waals surface area contributed by atoms with Crippen molar-refractivity contribution < 1.29 is 0 Å².